The number of nitrogens with zero attached hydrogens (tertiary/aromatic N) is 1. The van der Waals surface area contributed by atoms with Crippen LogP contribution in [0.2, 0.25) is 0 Å². The van der Waals surface area contributed by atoms with Crippen LogP contribution in [0.4, 0.5) is 23.2 Å². The second-order valence-corrected chi connectivity index (χ2v) is 3.21. The number of carboxylic acids is 1. The fraction of sp³-hybridized carbons (Fsp3) is 0.333. The molecule has 1 rings (SSSR count). The number of nitrogens with two attached hydrogens (primary N) is 1. The number of carboxylic acid groups (broad SMARTS) is 1. The van der Waals surface area contributed by atoms with Crippen molar-refractivity contribution in [1.29, 1.82) is 0 Å². The highest BCUT2D eigenvalue weighted by Gasteiger charge is 2.33. The molecule has 0 aliphatic rings. The van der Waals surface area contributed by atoms with Crippen LogP contribution in [-0.2, 0) is 17.9 Å². The molecule has 0 saturated heterocycles. The lowest BCUT2D eigenvalue weighted by molar-refractivity contribution is -0.275. The largest absolute Gasteiger partial charge is 0.573 e. The van der Waals surface area contributed by atoms with Crippen molar-refractivity contribution in [2.45, 2.75) is 19.5 Å². The van der Waals surface area contributed by atoms with Crippen LogP contribution in [0.1, 0.15) is 11.3 Å². The van der Waals surface area contributed by atoms with Crippen LogP contribution in [0.15, 0.2) is 6.20 Å². The van der Waals surface area contributed by atoms with Crippen molar-refractivity contribution >= 4 is 11.7 Å². The molecular weight excluding hydrogens is 260 g/mol. The van der Waals surface area contributed by atoms with Gasteiger partial charge in [-0.3, -0.25) is 9.78 Å². The molecule has 1 aromatic rings. The van der Waals surface area contributed by atoms with Crippen LogP contribution < -0.4 is 10.5 Å². The van der Waals surface area contributed by atoms with E-state index in [1.807, 2.05) is 0 Å². The number of nitrogen functional groups attached to an aromatic ring is 1. The molecule has 3 N–H and O–H groups in total. The van der Waals surface area contributed by atoms with Crippen molar-refractivity contribution in [3.8, 4) is 5.75 Å². The van der Waals surface area contributed by atoms with Gasteiger partial charge in [0.05, 0.1) is 24.0 Å². The number of aromatic nitrogens is 1. The molecule has 0 radical (unpaired) electrons. The van der Waals surface area contributed by atoms with E-state index in [-0.39, 0.29) is 5.69 Å². The smallest absolute Gasteiger partial charge is 0.481 e. The van der Waals surface area contributed by atoms with Gasteiger partial charge in [0, 0.05) is 5.56 Å². The Morgan fingerprint density at radius 3 is 2.56 bits per heavy atom. The van der Waals surface area contributed by atoms with Crippen molar-refractivity contribution < 1.29 is 32.2 Å². The zero-order valence-electron chi connectivity index (χ0n) is 8.79. The van der Waals surface area contributed by atoms with Crippen LogP contribution in [0, 0.1) is 0 Å². The third-order valence-electron chi connectivity index (χ3n) is 1.95. The number of ether oxygens (including phenoxy) is 1. The summed E-state index contributed by atoms with van der Waals surface area (Å²) in [7, 11) is 0. The van der Waals surface area contributed by atoms with E-state index in [1.54, 1.807) is 0 Å². The van der Waals surface area contributed by atoms with Crippen molar-refractivity contribution in [2.24, 2.45) is 0 Å². The third-order valence-corrected chi connectivity index (χ3v) is 1.95. The predicted octanol–water partition coefficient (Wildman–Crippen LogP) is 1.66. The number of anilines is 1. The van der Waals surface area contributed by atoms with Crippen LogP contribution >= 0.6 is 0 Å². The quantitative estimate of drug-likeness (QED) is 0.811. The van der Waals surface area contributed by atoms with Gasteiger partial charge in [-0.15, -0.1) is 13.2 Å². The molecule has 0 aliphatic carbocycles. The molecule has 0 bridgehead atoms. The molecular formula is C9H8F4N2O3. The maximum Gasteiger partial charge on any atom is 0.573 e. The first-order valence-electron chi connectivity index (χ1n) is 4.54. The second-order valence-electron chi connectivity index (χ2n) is 3.21. The molecule has 0 amide bonds. The van der Waals surface area contributed by atoms with Crippen molar-refractivity contribution in [3.63, 3.8) is 0 Å². The van der Waals surface area contributed by atoms with Gasteiger partial charge < -0.3 is 15.6 Å². The van der Waals surface area contributed by atoms with Crippen LogP contribution in [-0.4, -0.2) is 22.4 Å². The van der Waals surface area contributed by atoms with Crippen molar-refractivity contribution in [2.75, 3.05) is 5.73 Å². The molecule has 1 heterocycles. The van der Waals surface area contributed by atoms with E-state index in [9.17, 15) is 22.4 Å². The summed E-state index contributed by atoms with van der Waals surface area (Å²) in [4.78, 5) is 13.9. The Kier molecular flexibility index (Phi) is 3.94. The number of carbonyl (C=O) groups is 1. The molecule has 0 unspecified atom stereocenters. The maximum absolute atomic E-state index is 12.4. The SMILES string of the molecule is Nc1c(CF)ncc(OC(F)(F)F)c1CC(=O)O. The fourth-order valence-corrected chi connectivity index (χ4v) is 1.24. The molecule has 0 atom stereocenters. The van der Waals surface area contributed by atoms with Crippen LogP contribution in [0.25, 0.3) is 0 Å². The summed E-state index contributed by atoms with van der Waals surface area (Å²) >= 11 is 0. The Balaban J connectivity index is 3.24. The molecule has 0 saturated carbocycles. The van der Waals surface area contributed by atoms with E-state index in [2.05, 4.69) is 9.72 Å². The highest BCUT2D eigenvalue weighted by Crippen LogP contribution is 2.31. The highest BCUT2D eigenvalue weighted by atomic mass is 19.4. The lowest BCUT2D eigenvalue weighted by atomic mass is 10.1. The summed E-state index contributed by atoms with van der Waals surface area (Å²) in [5.41, 5.74) is 4.10. The number of aliphatic carboxylic acids is 1. The predicted molar refractivity (Wildman–Crippen MR) is 51.5 cm³/mol. The summed E-state index contributed by atoms with van der Waals surface area (Å²) < 4.78 is 52.2. The summed E-state index contributed by atoms with van der Waals surface area (Å²) in [6.45, 7) is -1.12. The number of rotatable bonds is 4. The molecule has 0 aliphatic heterocycles. The van der Waals surface area contributed by atoms with Crippen molar-refractivity contribution in [3.05, 3.63) is 17.5 Å². The van der Waals surface area contributed by atoms with Crippen LogP contribution in [0.5, 0.6) is 5.75 Å². The van der Waals surface area contributed by atoms with Gasteiger partial charge in [0.25, 0.3) is 0 Å². The lowest BCUT2D eigenvalue weighted by Crippen LogP contribution is -2.20. The Morgan fingerprint density at radius 1 is 1.50 bits per heavy atom. The van der Waals surface area contributed by atoms with Gasteiger partial charge in [-0.05, 0) is 0 Å². The number of alkyl halides is 4. The molecule has 0 fully saturated rings. The van der Waals surface area contributed by atoms with Gasteiger partial charge in [-0.25, -0.2) is 4.39 Å². The zero-order valence-corrected chi connectivity index (χ0v) is 8.79. The van der Waals surface area contributed by atoms with Gasteiger partial charge >= 0.3 is 12.3 Å². The van der Waals surface area contributed by atoms with E-state index < -0.39 is 42.4 Å². The number of pyridine rings is 1. The Morgan fingerprint density at radius 2 is 2.11 bits per heavy atom. The molecule has 100 valence electrons. The summed E-state index contributed by atoms with van der Waals surface area (Å²) in [6.07, 6.45) is -5.25. The molecule has 9 heteroatoms. The molecule has 5 nitrogen and oxygen atoms in total. The van der Waals surface area contributed by atoms with Gasteiger partial charge in [-0.2, -0.15) is 0 Å². The minimum Gasteiger partial charge on any atom is -0.481 e. The van der Waals surface area contributed by atoms with Gasteiger partial charge in [-0.1, -0.05) is 0 Å². The average molecular weight is 268 g/mol. The van der Waals surface area contributed by atoms with E-state index in [0.29, 0.717) is 6.20 Å². The lowest BCUT2D eigenvalue weighted by Gasteiger charge is -2.14. The normalized spacial score (nSPS) is 11.3. The number of hydrogen-bond acceptors (Lipinski definition) is 4. The topological polar surface area (TPSA) is 85.4 Å². The first-order valence-corrected chi connectivity index (χ1v) is 4.54. The molecule has 1 aromatic heterocycles. The van der Waals surface area contributed by atoms with Gasteiger partial charge in [0.15, 0.2) is 5.75 Å². The standard InChI is InChI=1S/C9H8F4N2O3/c10-2-5-8(14)4(1-7(16)17)6(3-15-5)18-9(11,12)13/h3H,1-2,14H2,(H,16,17). The monoisotopic (exact) mass is 268 g/mol. The van der Waals surface area contributed by atoms with E-state index in [0.717, 1.165) is 0 Å². The van der Waals surface area contributed by atoms with E-state index in [1.165, 1.54) is 0 Å². The first kappa shape index (κ1) is 14.0. The fourth-order valence-electron chi connectivity index (χ4n) is 1.24. The Hall–Kier alpha value is -2.06. The highest BCUT2D eigenvalue weighted by molar-refractivity contribution is 5.75. The van der Waals surface area contributed by atoms with Gasteiger partial charge in [0.1, 0.15) is 6.67 Å². The van der Waals surface area contributed by atoms with Crippen molar-refractivity contribution in [1.82, 2.24) is 4.98 Å². The molecule has 0 spiro atoms. The van der Waals surface area contributed by atoms with E-state index >= 15 is 0 Å². The number of halogens is 4. The Bertz CT molecular complexity index is 462. The zero-order chi connectivity index (χ0) is 13.9. The summed E-state index contributed by atoms with van der Waals surface area (Å²) in [5, 5.41) is 8.57. The maximum atomic E-state index is 12.4. The summed E-state index contributed by atoms with van der Waals surface area (Å²) in [6, 6.07) is 0. The summed E-state index contributed by atoms with van der Waals surface area (Å²) in [5.74, 6) is -2.27. The molecule has 0 aromatic carbocycles. The minimum atomic E-state index is -5.02. The molecule has 18 heavy (non-hydrogen) atoms. The Labute approximate surface area is 98.2 Å². The van der Waals surface area contributed by atoms with E-state index in [4.69, 9.17) is 10.8 Å². The van der Waals surface area contributed by atoms with Gasteiger partial charge in [0.2, 0.25) is 0 Å². The number of hydrogen-bond donors (Lipinski definition) is 2. The second kappa shape index (κ2) is 5.07. The third kappa shape index (κ3) is 3.47. The first-order chi connectivity index (χ1) is 8.24. The van der Waals surface area contributed by atoms with Crippen LogP contribution in [0.3, 0.4) is 0 Å². The minimum absolute atomic E-state index is 0.333. The average Bonchev–Trinajstić information content (AvgIpc) is 2.21.